The zero-order valence-corrected chi connectivity index (χ0v) is 9.94. The van der Waals surface area contributed by atoms with E-state index in [1.165, 1.54) is 57.8 Å². The SMILES string of the molecule is BC(CCC)CCCCCCCC. The Morgan fingerprint density at radius 2 is 1.38 bits per heavy atom. The molecule has 1 unspecified atom stereocenters. The van der Waals surface area contributed by atoms with Gasteiger partial charge in [0.1, 0.15) is 7.85 Å². The summed E-state index contributed by atoms with van der Waals surface area (Å²) in [6.45, 7) is 4.57. The predicted octanol–water partition coefficient (Wildman–Crippen LogP) is 3.96. The molecule has 13 heavy (non-hydrogen) atoms. The van der Waals surface area contributed by atoms with Crippen molar-refractivity contribution in [3.05, 3.63) is 0 Å². The Hall–Kier alpha value is 0.0649. The van der Waals surface area contributed by atoms with Gasteiger partial charge in [0.05, 0.1) is 0 Å². The Labute approximate surface area is 85.9 Å². The van der Waals surface area contributed by atoms with Crippen LogP contribution in [0, 0.1) is 0 Å². The summed E-state index contributed by atoms with van der Waals surface area (Å²) in [6, 6.07) is 0. The molecular weight excluding hydrogens is 155 g/mol. The van der Waals surface area contributed by atoms with Crippen LogP contribution >= 0.6 is 0 Å². The van der Waals surface area contributed by atoms with Crippen LogP contribution in [0.5, 0.6) is 0 Å². The van der Waals surface area contributed by atoms with Crippen molar-refractivity contribution in [3.8, 4) is 0 Å². The average molecular weight is 182 g/mol. The van der Waals surface area contributed by atoms with Crippen molar-refractivity contribution in [1.82, 2.24) is 0 Å². The maximum atomic E-state index is 2.40. The van der Waals surface area contributed by atoms with Crippen LogP contribution in [0.15, 0.2) is 0 Å². The number of unbranched alkanes of at least 4 members (excludes halogenated alkanes) is 5. The lowest BCUT2D eigenvalue weighted by molar-refractivity contribution is 0.562. The van der Waals surface area contributed by atoms with E-state index in [0.29, 0.717) is 0 Å². The zero-order chi connectivity index (χ0) is 9.94. The van der Waals surface area contributed by atoms with Crippen LogP contribution in [0.4, 0.5) is 0 Å². The van der Waals surface area contributed by atoms with Crippen LogP contribution in [0.3, 0.4) is 0 Å². The molecule has 1 heteroatoms. The van der Waals surface area contributed by atoms with Gasteiger partial charge < -0.3 is 0 Å². The lowest BCUT2D eigenvalue weighted by atomic mass is 9.79. The number of hydrogen-bond donors (Lipinski definition) is 0. The molecule has 0 aliphatic heterocycles. The lowest BCUT2D eigenvalue weighted by Gasteiger charge is -2.08. The molecule has 0 amide bonds. The molecule has 0 aliphatic carbocycles. The normalized spacial score (nSPS) is 13.1. The van der Waals surface area contributed by atoms with Gasteiger partial charge in [-0.25, -0.2) is 0 Å². The minimum atomic E-state index is 0.969. The average Bonchev–Trinajstić information content (AvgIpc) is 2.11. The Morgan fingerprint density at radius 1 is 0.769 bits per heavy atom. The zero-order valence-electron chi connectivity index (χ0n) is 9.94. The fourth-order valence-electron chi connectivity index (χ4n) is 1.91. The first-order valence-electron chi connectivity index (χ1n) is 6.31. The molecule has 0 aromatic heterocycles. The van der Waals surface area contributed by atoms with Crippen molar-refractivity contribution < 1.29 is 0 Å². The van der Waals surface area contributed by atoms with Crippen molar-refractivity contribution in [2.75, 3.05) is 0 Å². The molecule has 0 radical (unpaired) electrons. The summed E-state index contributed by atoms with van der Waals surface area (Å²) < 4.78 is 0. The summed E-state index contributed by atoms with van der Waals surface area (Å²) >= 11 is 0. The lowest BCUT2D eigenvalue weighted by Crippen LogP contribution is -1.91. The van der Waals surface area contributed by atoms with Crippen molar-refractivity contribution in [3.63, 3.8) is 0 Å². The first kappa shape index (κ1) is 13.1. The highest BCUT2D eigenvalue weighted by molar-refractivity contribution is 6.11. The molecule has 0 N–H and O–H groups in total. The molecule has 0 saturated heterocycles. The second-order valence-corrected chi connectivity index (χ2v) is 4.45. The highest BCUT2D eigenvalue weighted by Crippen LogP contribution is 2.18. The Bertz CT molecular complexity index is 91.1. The molecule has 0 nitrogen and oxygen atoms in total. The van der Waals surface area contributed by atoms with Crippen LogP contribution in [0.25, 0.3) is 0 Å². The molecule has 0 rings (SSSR count). The van der Waals surface area contributed by atoms with Gasteiger partial charge in [0.15, 0.2) is 0 Å². The van der Waals surface area contributed by atoms with Crippen LogP contribution < -0.4 is 0 Å². The van der Waals surface area contributed by atoms with Crippen LogP contribution in [-0.4, -0.2) is 7.85 Å². The number of hydrogen-bond acceptors (Lipinski definition) is 0. The fourth-order valence-corrected chi connectivity index (χ4v) is 1.91. The van der Waals surface area contributed by atoms with Crippen LogP contribution in [0.2, 0.25) is 5.82 Å². The van der Waals surface area contributed by atoms with Gasteiger partial charge in [-0.3, -0.25) is 0 Å². The summed E-state index contributed by atoms with van der Waals surface area (Å²) in [5, 5.41) is 0. The standard InChI is InChI=1S/C12H27B/c1-3-5-6-7-8-9-11-12(13)10-4-2/h12H,3-11,13H2,1-2H3. The minimum absolute atomic E-state index is 0.969. The highest BCUT2D eigenvalue weighted by Gasteiger charge is 1.99. The molecule has 0 fully saturated rings. The third-order valence-corrected chi connectivity index (χ3v) is 2.83. The summed E-state index contributed by atoms with van der Waals surface area (Å²) in [6.07, 6.45) is 12.9. The van der Waals surface area contributed by atoms with Crippen molar-refractivity contribution >= 4 is 7.85 Å². The van der Waals surface area contributed by atoms with E-state index in [9.17, 15) is 0 Å². The van der Waals surface area contributed by atoms with Crippen LogP contribution in [-0.2, 0) is 0 Å². The Kier molecular flexibility index (Phi) is 10.2. The predicted molar refractivity (Wildman–Crippen MR) is 65.2 cm³/mol. The van der Waals surface area contributed by atoms with E-state index in [4.69, 9.17) is 0 Å². The third kappa shape index (κ3) is 9.98. The molecule has 0 spiro atoms. The van der Waals surface area contributed by atoms with E-state index >= 15 is 0 Å². The molecule has 0 aliphatic rings. The summed E-state index contributed by atoms with van der Waals surface area (Å²) in [5.41, 5.74) is 0. The molecule has 0 aromatic carbocycles. The minimum Gasteiger partial charge on any atom is -0.0697 e. The molecule has 0 aromatic rings. The van der Waals surface area contributed by atoms with Gasteiger partial charge in [-0.1, -0.05) is 77.5 Å². The second-order valence-electron chi connectivity index (χ2n) is 4.45. The van der Waals surface area contributed by atoms with Crippen molar-refractivity contribution in [1.29, 1.82) is 0 Å². The molecule has 1 atom stereocenters. The van der Waals surface area contributed by atoms with Gasteiger partial charge in [0, 0.05) is 0 Å². The Morgan fingerprint density at radius 3 is 2.00 bits per heavy atom. The first-order chi connectivity index (χ1) is 6.31. The van der Waals surface area contributed by atoms with Gasteiger partial charge >= 0.3 is 0 Å². The maximum Gasteiger partial charge on any atom is 0.105 e. The van der Waals surface area contributed by atoms with Crippen LogP contribution in [0.1, 0.15) is 71.6 Å². The molecule has 78 valence electrons. The first-order valence-corrected chi connectivity index (χ1v) is 6.31. The van der Waals surface area contributed by atoms with Crippen molar-refractivity contribution in [2.45, 2.75) is 77.5 Å². The number of rotatable bonds is 9. The van der Waals surface area contributed by atoms with E-state index < -0.39 is 0 Å². The second kappa shape index (κ2) is 10.1. The summed E-state index contributed by atoms with van der Waals surface area (Å²) in [5.74, 6) is 0.969. The van der Waals surface area contributed by atoms with Gasteiger partial charge in [0.25, 0.3) is 0 Å². The quantitative estimate of drug-likeness (QED) is 0.374. The van der Waals surface area contributed by atoms with Crippen molar-refractivity contribution in [2.24, 2.45) is 0 Å². The van der Waals surface area contributed by atoms with E-state index in [0.717, 1.165) is 5.82 Å². The topological polar surface area (TPSA) is 0 Å². The van der Waals surface area contributed by atoms with E-state index in [2.05, 4.69) is 21.7 Å². The van der Waals surface area contributed by atoms with E-state index in [1.807, 2.05) is 0 Å². The Balaban J connectivity index is 2.97. The summed E-state index contributed by atoms with van der Waals surface area (Å²) in [4.78, 5) is 0. The monoisotopic (exact) mass is 182 g/mol. The van der Waals surface area contributed by atoms with E-state index in [1.54, 1.807) is 0 Å². The smallest absolute Gasteiger partial charge is 0.0697 e. The van der Waals surface area contributed by atoms with Gasteiger partial charge in [0.2, 0.25) is 0 Å². The molecule has 0 heterocycles. The van der Waals surface area contributed by atoms with Gasteiger partial charge in [-0.05, 0) is 0 Å². The molecule has 0 bridgehead atoms. The summed E-state index contributed by atoms with van der Waals surface area (Å²) in [7, 11) is 2.40. The molecule has 0 saturated carbocycles. The van der Waals surface area contributed by atoms with Gasteiger partial charge in [-0.15, -0.1) is 0 Å². The maximum absolute atomic E-state index is 2.40. The largest absolute Gasteiger partial charge is 0.105 e. The van der Waals surface area contributed by atoms with E-state index in [-0.39, 0.29) is 0 Å². The fraction of sp³-hybridized carbons (Fsp3) is 1.00. The highest BCUT2D eigenvalue weighted by atomic mass is 14.0. The van der Waals surface area contributed by atoms with Gasteiger partial charge in [-0.2, -0.15) is 0 Å². The third-order valence-electron chi connectivity index (χ3n) is 2.83. The molecular formula is C12H27B.